The van der Waals surface area contributed by atoms with Crippen LogP contribution in [0.25, 0.3) is 0 Å². The van der Waals surface area contributed by atoms with Crippen LogP contribution in [0, 0.1) is 0 Å². The molecule has 0 aromatic heterocycles. The van der Waals surface area contributed by atoms with Crippen LogP contribution in [0.5, 0.6) is 0 Å². The molecule has 0 aliphatic heterocycles. The van der Waals surface area contributed by atoms with E-state index in [1.54, 1.807) is 0 Å². The molecule has 0 bridgehead atoms. The Labute approximate surface area is 78.6 Å². The quantitative estimate of drug-likeness (QED) is 0.669. The minimum absolute atomic E-state index is 1.05. The fraction of sp³-hybridized carbons (Fsp3) is 0.500. The molecule has 0 heterocycles. The lowest BCUT2D eigenvalue weighted by atomic mass is 10.0. The van der Waals surface area contributed by atoms with Crippen molar-refractivity contribution >= 4 is 31.9 Å². The zero-order valence-electron chi connectivity index (χ0n) is 5.74. The highest BCUT2D eigenvalue weighted by Crippen LogP contribution is 2.23. The Bertz CT molecular complexity index is 164. The molecular formula is C8H10Br2. The van der Waals surface area contributed by atoms with E-state index in [2.05, 4.69) is 44.0 Å². The van der Waals surface area contributed by atoms with Gasteiger partial charge in [-0.25, -0.2) is 0 Å². The molecule has 0 unspecified atom stereocenters. The average molecular weight is 266 g/mol. The molecule has 0 amide bonds. The first-order valence-electron chi connectivity index (χ1n) is 3.51. The van der Waals surface area contributed by atoms with Crippen LogP contribution in [-0.4, -0.2) is 0 Å². The first-order valence-corrected chi connectivity index (χ1v) is 5.09. The maximum Gasteiger partial charge on any atom is 0.0606 e. The van der Waals surface area contributed by atoms with Crippen LogP contribution in [0.3, 0.4) is 0 Å². The third kappa shape index (κ3) is 3.02. The van der Waals surface area contributed by atoms with E-state index in [4.69, 9.17) is 0 Å². The summed E-state index contributed by atoms with van der Waals surface area (Å²) in [6.07, 6.45) is 9.64. The van der Waals surface area contributed by atoms with Gasteiger partial charge >= 0.3 is 0 Å². The largest absolute Gasteiger partial charge is 0.0813 e. The Morgan fingerprint density at radius 1 is 1.40 bits per heavy atom. The van der Waals surface area contributed by atoms with Crippen LogP contribution in [0.4, 0.5) is 0 Å². The van der Waals surface area contributed by atoms with Gasteiger partial charge in [0.05, 0.1) is 3.39 Å². The second-order valence-corrected chi connectivity index (χ2v) is 5.23. The fourth-order valence-corrected chi connectivity index (χ4v) is 1.72. The van der Waals surface area contributed by atoms with Crippen LogP contribution >= 0.6 is 31.9 Å². The Morgan fingerprint density at radius 3 is 2.70 bits per heavy atom. The third-order valence-corrected chi connectivity index (χ3v) is 2.08. The van der Waals surface area contributed by atoms with Gasteiger partial charge in [0.15, 0.2) is 0 Å². The molecule has 0 fully saturated rings. The van der Waals surface area contributed by atoms with E-state index in [1.165, 1.54) is 31.3 Å². The molecule has 0 aromatic rings. The van der Waals surface area contributed by atoms with E-state index in [9.17, 15) is 0 Å². The SMILES string of the molecule is BrC(Br)=CC1=CCCCC1. The van der Waals surface area contributed by atoms with E-state index in [0.29, 0.717) is 0 Å². The maximum absolute atomic E-state index is 3.35. The van der Waals surface area contributed by atoms with Crippen LogP contribution in [0.15, 0.2) is 21.1 Å². The van der Waals surface area contributed by atoms with Crippen molar-refractivity contribution in [1.82, 2.24) is 0 Å². The number of hydrogen-bond acceptors (Lipinski definition) is 0. The Kier molecular flexibility index (Phi) is 3.71. The summed E-state index contributed by atoms with van der Waals surface area (Å²) in [7, 11) is 0. The Hall–Kier alpha value is 0.440. The summed E-state index contributed by atoms with van der Waals surface area (Å²) in [5, 5.41) is 0. The highest BCUT2D eigenvalue weighted by atomic mass is 79.9. The lowest BCUT2D eigenvalue weighted by Crippen LogP contribution is -1.87. The molecule has 0 aromatic carbocycles. The normalized spacial score (nSPS) is 18.0. The summed E-state index contributed by atoms with van der Waals surface area (Å²) in [6.45, 7) is 0. The van der Waals surface area contributed by atoms with Crippen LogP contribution < -0.4 is 0 Å². The minimum atomic E-state index is 1.05. The highest BCUT2D eigenvalue weighted by molar-refractivity contribution is 9.28. The van der Waals surface area contributed by atoms with Crippen molar-refractivity contribution in [1.29, 1.82) is 0 Å². The van der Waals surface area contributed by atoms with Gasteiger partial charge in [0, 0.05) is 0 Å². The molecule has 0 N–H and O–H groups in total. The lowest BCUT2D eigenvalue weighted by Gasteiger charge is -2.07. The molecule has 0 saturated carbocycles. The first kappa shape index (κ1) is 8.54. The van der Waals surface area contributed by atoms with Gasteiger partial charge in [-0.05, 0) is 63.6 Å². The van der Waals surface area contributed by atoms with Crippen molar-refractivity contribution in [2.75, 3.05) is 0 Å². The molecule has 0 atom stereocenters. The predicted molar refractivity (Wildman–Crippen MR) is 52.5 cm³/mol. The number of rotatable bonds is 1. The standard InChI is InChI=1S/C8H10Br2/c9-8(10)6-7-4-2-1-3-5-7/h4,6H,1-3,5H2. The topological polar surface area (TPSA) is 0 Å². The van der Waals surface area contributed by atoms with Crippen LogP contribution in [0.2, 0.25) is 0 Å². The van der Waals surface area contributed by atoms with E-state index in [-0.39, 0.29) is 0 Å². The predicted octanol–water partition coefficient (Wildman–Crippen LogP) is 4.12. The minimum Gasteiger partial charge on any atom is -0.0813 e. The fourth-order valence-electron chi connectivity index (χ4n) is 1.13. The van der Waals surface area contributed by atoms with Gasteiger partial charge in [-0.3, -0.25) is 0 Å². The van der Waals surface area contributed by atoms with Gasteiger partial charge in [-0.15, -0.1) is 0 Å². The lowest BCUT2D eigenvalue weighted by molar-refractivity contribution is 0.712. The molecule has 1 aliphatic carbocycles. The molecule has 56 valence electrons. The van der Waals surface area contributed by atoms with Crippen LogP contribution in [-0.2, 0) is 0 Å². The van der Waals surface area contributed by atoms with E-state index in [1.807, 2.05) is 0 Å². The van der Waals surface area contributed by atoms with Gasteiger partial charge in [0.1, 0.15) is 0 Å². The molecular weight excluding hydrogens is 256 g/mol. The zero-order chi connectivity index (χ0) is 7.40. The number of hydrogen-bond donors (Lipinski definition) is 0. The molecule has 10 heavy (non-hydrogen) atoms. The molecule has 0 nitrogen and oxygen atoms in total. The van der Waals surface area contributed by atoms with Crippen molar-refractivity contribution in [2.45, 2.75) is 25.7 Å². The van der Waals surface area contributed by atoms with Crippen molar-refractivity contribution in [3.63, 3.8) is 0 Å². The maximum atomic E-state index is 3.35. The van der Waals surface area contributed by atoms with Crippen molar-refractivity contribution in [2.24, 2.45) is 0 Å². The average Bonchev–Trinajstić information content (AvgIpc) is 1.88. The van der Waals surface area contributed by atoms with Gasteiger partial charge in [0.2, 0.25) is 0 Å². The zero-order valence-corrected chi connectivity index (χ0v) is 8.91. The van der Waals surface area contributed by atoms with Gasteiger partial charge in [-0.1, -0.05) is 11.6 Å². The summed E-state index contributed by atoms with van der Waals surface area (Å²) >= 11 is 6.69. The van der Waals surface area contributed by atoms with E-state index >= 15 is 0 Å². The Morgan fingerprint density at radius 2 is 2.20 bits per heavy atom. The van der Waals surface area contributed by atoms with Crippen LogP contribution in [0.1, 0.15) is 25.7 Å². The summed E-state index contributed by atoms with van der Waals surface area (Å²) in [5.74, 6) is 0. The first-order chi connectivity index (χ1) is 4.79. The second kappa shape index (κ2) is 4.35. The van der Waals surface area contributed by atoms with Gasteiger partial charge in [0.25, 0.3) is 0 Å². The molecule has 0 radical (unpaired) electrons. The van der Waals surface area contributed by atoms with Crippen molar-refractivity contribution in [3.8, 4) is 0 Å². The number of allylic oxidation sites excluding steroid dienone is 3. The number of halogens is 2. The third-order valence-electron chi connectivity index (χ3n) is 1.62. The summed E-state index contributed by atoms with van der Waals surface area (Å²) < 4.78 is 1.05. The molecule has 2 heteroatoms. The molecule has 1 aliphatic rings. The Balaban J connectivity index is 2.54. The second-order valence-electron chi connectivity index (χ2n) is 2.46. The van der Waals surface area contributed by atoms with E-state index < -0.39 is 0 Å². The van der Waals surface area contributed by atoms with Crippen molar-refractivity contribution in [3.05, 3.63) is 21.1 Å². The van der Waals surface area contributed by atoms with Gasteiger partial charge < -0.3 is 0 Å². The monoisotopic (exact) mass is 264 g/mol. The van der Waals surface area contributed by atoms with Gasteiger partial charge in [-0.2, -0.15) is 0 Å². The summed E-state index contributed by atoms with van der Waals surface area (Å²) in [4.78, 5) is 0. The summed E-state index contributed by atoms with van der Waals surface area (Å²) in [6, 6.07) is 0. The molecule has 1 rings (SSSR count). The van der Waals surface area contributed by atoms with Crippen molar-refractivity contribution < 1.29 is 0 Å². The molecule has 0 saturated heterocycles. The smallest absolute Gasteiger partial charge is 0.0606 e. The van der Waals surface area contributed by atoms with E-state index in [0.717, 1.165) is 3.39 Å². The summed E-state index contributed by atoms with van der Waals surface area (Å²) in [5.41, 5.74) is 1.45. The molecule has 0 spiro atoms. The highest BCUT2D eigenvalue weighted by Gasteiger charge is 1.99.